The Morgan fingerprint density at radius 1 is 1.64 bits per heavy atom. The number of primary amides is 1. The number of amides is 1. The molecule has 0 aromatic heterocycles. The van der Waals surface area contributed by atoms with Crippen LogP contribution >= 0.6 is 0 Å². The second-order valence-electron chi connectivity index (χ2n) is 3.55. The molecule has 0 aromatic rings. The second kappa shape index (κ2) is 6.75. The molecule has 0 fully saturated rings. The number of ether oxygens (including phenoxy) is 1. The van der Waals surface area contributed by atoms with Crippen molar-refractivity contribution in [1.29, 1.82) is 0 Å². The van der Waals surface area contributed by atoms with Gasteiger partial charge in [0.25, 0.3) is 0 Å². The van der Waals surface area contributed by atoms with Crippen LogP contribution in [0.5, 0.6) is 0 Å². The summed E-state index contributed by atoms with van der Waals surface area (Å²) in [4.78, 5) is 10.3. The van der Waals surface area contributed by atoms with Gasteiger partial charge in [-0.25, -0.2) is 0 Å². The minimum Gasteiger partial charge on any atom is -0.389 e. The summed E-state index contributed by atoms with van der Waals surface area (Å²) in [6.45, 7) is 5.18. The van der Waals surface area contributed by atoms with E-state index in [9.17, 15) is 9.90 Å². The molecular formula is C9H20N2O3. The molecule has 1 unspecified atom stereocenters. The molecule has 0 rings (SSSR count). The lowest BCUT2D eigenvalue weighted by Crippen LogP contribution is -2.38. The highest BCUT2D eigenvalue weighted by Gasteiger charge is 2.15. The molecule has 0 aliphatic carbocycles. The zero-order valence-electron chi connectivity index (χ0n) is 8.88. The number of hydrogen-bond acceptors (Lipinski definition) is 4. The monoisotopic (exact) mass is 204 g/mol. The molecule has 84 valence electrons. The summed E-state index contributed by atoms with van der Waals surface area (Å²) in [7, 11) is 0. The van der Waals surface area contributed by atoms with Crippen LogP contribution in [-0.4, -0.2) is 42.9 Å². The fourth-order valence-electron chi connectivity index (χ4n) is 0.800. The number of carbonyl (C=O) groups is 1. The van der Waals surface area contributed by atoms with Gasteiger partial charge in [0.1, 0.15) is 6.61 Å². The molecule has 0 aromatic carbocycles. The molecule has 1 atom stereocenters. The fraction of sp³-hybridized carbons (Fsp3) is 0.889. The van der Waals surface area contributed by atoms with Gasteiger partial charge in [0.2, 0.25) is 5.91 Å². The van der Waals surface area contributed by atoms with Crippen LogP contribution in [0.4, 0.5) is 0 Å². The predicted octanol–water partition coefficient (Wildman–Crippen LogP) is -0.761. The summed E-state index contributed by atoms with van der Waals surface area (Å²) < 4.78 is 4.92. The normalized spacial score (nSPS) is 15.1. The number of rotatable bonds is 8. The highest BCUT2D eigenvalue weighted by atomic mass is 16.5. The Morgan fingerprint density at radius 3 is 2.79 bits per heavy atom. The third-order valence-corrected chi connectivity index (χ3v) is 1.93. The largest absolute Gasteiger partial charge is 0.389 e. The van der Waals surface area contributed by atoms with Crippen molar-refractivity contribution in [3.8, 4) is 0 Å². The van der Waals surface area contributed by atoms with Crippen LogP contribution in [0.1, 0.15) is 20.3 Å². The molecule has 0 saturated heterocycles. The number of carbonyl (C=O) groups excluding carboxylic acids is 1. The van der Waals surface area contributed by atoms with E-state index in [4.69, 9.17) is 10.5 Å². The summed E-state index contributed by atoms with van der Waals surface area (Å²) in [5.74, 6) is -0.467. The van der Waals surface area contributed by atoms with E-state index in [1.165, 1.54) is 0 Å². The Bertz CT molecular complexity index is 171. The van der Waals surface area contributed by atoms with Crippen LogP contribution in [0, 0.1) is 0 Å². The van der Waals surface area contributed by atoms with Gasteiger partial charge in [-0.05, 0) is 13.3 Å². The Hall–Kier alpha value is -0.650. The van der Waals surface area contributed by atoms with E-state index in [2.05, 4.69) is 5.32 Å². The van der Waals surface area contributed by atoms with Crippen LogP contribution in [0.2, 0.25) is 0 Å². The molecule has 0 bridgehead atoms. The van der Waals surface area contributed by atoms with Crippen molar-refractivity contribution in [2.45, 2.75) is 25.9 Å². The van der Waals surface area contributed by atoms with Crippen LogP contribution < -0.4 is 11.1 Å². The maximum Gasteiger partial charge on any atom is 0.243 e. The summed E-state index contributed by atoms with van der Waals surface area (Å²) in [5, 5.41) is 12.6. The molecule has 14 heavy (non-hydrogen) atoms. The van der Waals surface area contributed by atoms with Crippen LogP contribution in [0.15, 0.2) is 0 Å². The Balaban J connectivity index is 3.25. The van der Waals surface area contributed by atoms with E-state index < -0.39 is 11.5 Å². The maximum absolute atomic E-state index is 10.3. The first-order valence-corrected chi connectivity index (χ1v) is 4.77. The van der Waals surface area contributed by atoms with Crippen LogP contribution in [0.3, 0.4) is 0 Å². The first-order valence-electron chi connectivity index (χ1n) is 4.77. The summed E-state index contributed by atoms with van der Waals surface area (Å²) >= 11 is 0. The average molecular weight is 204 g/mol. The summed E-state index contributed by atoms with van der Waals surface area (Å²) in [6.07, 6.45) is 0.697. The predicted molar refractivity (Wildman–Crippen MR) is 53.8 cm³/mol. The maximum atomic E-state index is 10.3. The molecule has 1 amide bonds. The zero-order valence-corrected chi connectivity index (χ0v) is 8.88. The highest BCUT2D eigenvalue weighted by Crippen LogP contribution is 2.05. The van der Waals surface area contributed by atoms with Gasteiger partial charge in [-0.2, -0.15) is 0 Å². The highest BCUT2D eigenvalue weighted by molar-refractivity contribution is 5.74. The summed E-state index contributed by atoms with van der Waals surface area (Å²) in [6, 6.07) is 0. The molecule has 0 saturated carbocycles. The molecule has 5 nitrogen and oxygen atoms in total. The molecule has 4 N–H and O–H groups in total. The van der Waals surface area contributed by atoms with Crippen LogP contribution in [-0.2, 0) is 9.53 Å². The molecule has 0 heterocycles. The van der Waals surface area contributed by atoms with Crippen molar-refractivity contribution >= 4 is 5.91 Å². The lowest BCUT2D eigenvalue weighted by Gasteiger charge is -2.21. The molecule has 0 aliphatic rings. The molecule has 0 spiro atoms. The van der Waals surface area contributed by atoms with Crippen molar-refractivity contribution in [3.63, 3.8) is 0 Å². The Labute approximate surface area is 84.6 Å². The van der Waals surface area contributed by atoms with Gasteiger partial charge in [-0.1, -0.05) is 6.92 Å². The minimum absolute atomic E-state index is 0.0498. The Kier molecular flexibility index (Phi) is 6.44. The van der Waals surface area contributed by atoms with E-state index in [0.717, 1.165) is 0 Å². The number of hydrogen-bond donors (Lipinski definition) is 3. The lowest BCUT2D eigenvalue weighted by molar-refractivity contribution is -0.122. The third kappa shape index (κ3) is 7.97. The van der Waals surface area contributed by atoms with E-state index in [1.807, 2.05) is 6.92 Å². The standard InChI is InChI=1S/C9H20N2O3/c1-3-9(2,13)7-11-4-5-14-6-8(10)12/h11,13H,3-7H2,1-2H3,(H2,10,12). The van der Waals surface area contributed by atoms with Gasteiger partial charge < -0.3 is 20.9 Å². The first kappa shape index (κ1) is 13.4. The zero-order chi connectivity index (χ0) is 11.0. The third-order valence-electron chi connectivity index (χ3n) is 1.93. The van der Waals surface area contributed by atoms with E-state index in [1.54, 1.807) is 6.92 Å². The van der Waals surface area contributed by atoms with E-state index in [0.29, 0.717) is 26.1 Å². The minimum atomic E-state index is -0.677. The molecule has 0 aliphatic heterocycles. The van der Waals surface area contributed by atoms with Gasteiger partial charge in [-0.15, -0.1) is 0 Å². The molecular weight excluding hydrogens is 184 g/mol. The van der Waals surface area contributed by atoms with Crippen molar-refractivity contribution in [2.75, 3.05) is 26.3 Å². The number of nitrogens with two attached hydrogens (primary N) is 1. The average Bonchev–Trinajstić information content (AvgIpc) is 2.10. The van der Waals surface area contributed by atoms with Crippen molar-refractivity contribution < 1.29 is 14.6 Å². The lowest BCUT2D eigenvalue weighted by atomic mass is 10.0. The quantitative estimate of drug-likeness (QED) is 0.454. The second-order valence-corrected chi connectivity index (χ2v) is 3.55. The number of aliphatic hydroxyl groups is 1. The van der Waals surface area contributed by atoms with Gasteiger partial charge in [0, 0.05) is 13.1 Å². The van der Waals surface area contributed by atoms with E-state index in [-0.39, 0.29) is 6.61 Å². The topological polar surface area (TPSA) is 84.6 Å². The SMILES string of the molecule is CCC(C)(O)CNCCOCC(N)=O. The smallest absolute Gasteiger partial charge is 0.243 e. The summed E-state index contributed by atoms with van der Waals surface area (Å²) in [5.41, 5.74) is 4.20. The van der Waals surface area contributed by atoms with Gasteiger partial charge in [0.15, 0.2) is 0 Å². The van der Waals surface area contributed by atoms with Gasteiger partial charge in [0.05, 0.1) is 12.2 Å². The Morgan fingerprint density at radius 2 is 2.29 bits per heavy atom. The van der Waals surface area contributed by atoms with Crippen molar-refractivity contribution in [1.82, 2.24) is 5.32 Å². The first-order chi connectivity index (χ1) is 6.48. The van der Waals surface area contributed by atoms with Crippen LogP contribution in [0.25, 0.3) is 0 Å². The fourth-order valence-corrected chi connectivity index (χ4v) is 0.800. The van der Waals surface area contributed by atoms with E-state index >= 15 is 0 Å². The van der Waals surface area contributed by atoms with Crippen molar-refractivity contribution in [2.24, 2.45) is 5.73 Å². The van der Waals surface area contributed by atoms with Gasteiger partial charge >= 0.3 is 0 Å². The van der Waals surface area contributed by atoms with Gasteiger partial charge in [-0.3, -0.25) is 4.79 Å². The van der Waals surface area contributed by atoms with Crippen molar-refractivity contribution in [3.05, 3.63) is 0 Å². The molecule has 5 heteroatoms. The number of nitrogens with one attached hydrogen (secondary N) is 1. The molecule has 0 radical (unpaired) electrons.